The quantitative estimate of drug-likeness (QED) is 0.775. The summed E-state index contributed by atoms with van der Waals surface area (Å²) in [6, 6.07) is 0.402. The van der Waals surface area contributed by atoms with Gasteiger partial charge in [-0.1, -0.05) is 6.92 Å². The lowest BCUT2D eigenvalue weighted by molar-refractivity contribution is 0.0578. The molecule has 2 N–H and O–H groups in total. The van der Waals surface area contributed by atoms with Crippen LogP contribution < -0.4 is 5.73 Å². The first-order valence-electron chi connectivity index (χ1n) is 7.04. The van der Waals surface area contributed by atoms with Gasteiger partial charge in [-0.3, -0.25) is 0 Å². The number of rotatable bonds is 6. The number of likely N-dealkylation sites (N-methyl/N-ethyl adjacent to an activating group) is 1. The Balaban J connectivity index is 2.22. The number of nitrogens with two attached hydrogens (primary N) is 1. The minimum atomic E-state index is 0.334. The lowest BCUT2D eigenvalue weighted by atomic mass is 9.79. The van der Waals surface area contributed by atoms with E-state index in [9.17, 15) is 0 Å². The van der Waals surface area contributed by atoms with Crippen LogP contribution in [-0.4, -0.2) is 43.8 Å². The average Bonchev–Trinajstić information content (AvgIpc) is 2.23. The van der Waals surface area contributed by atoms with Gasteiger partial charge in [0.25, 0.3) is 0 Å². The molecule has 3 unspecified atom stereocenters. The summed E-state index contributed by atoms with van der Waals surface area (Å²) in [5.74, 6) is 1.52. The number of hydrogen-bond donors (Lipinski definition) is 1. The number of hydrogen-bond acceptors (Lipinski definition) is 3. The standard InChI is InChI=1S/C14H30N2O/c1-11(2)17-8-7-16(4)10-13-9-12(3)5-6-14(13)15/h11-14H,5-10,15H2,1-4H3. The van der Waals surface area contributed by atoms with E-state index in [0.717, 1.165) is 25.6 Å². The van der Waals surface area contributed by atoms with Gasteiger partial charge in [-0.15, -0.1) is 0 Å². The van der Waals surface area contributed by atoms with Crippen molar-refractivity contribution < 1.29 is 4.74 Å². The zero-order valence-electron chi connectivity index (χ0n) is 12.0. The van der Waals surface area contributed by atoms with E-state index < -0.39 is 0 Å². The molecule has 17 heavy (non-hydrogen) atoms. The molecule has 0 radical (unpaired) electrons. The Kier molecular flexibility index (Phi) is 6.45. The molecule has 0 heterocycles. The van der Waals surface area contributed by atoms with E-state index in [0.29, 0.717) is 18.1 Å². The van der Waals surface area contributed by atoms with E-state index in [-0.39, 0.29) is 0 Å². The lowest BCUT2D eigenvalue weighted by Gasteiger charge is -2.35. The SMILES string of the molecule is CC1CCC(N)C(CN(C)CCOC(C)C)C1. The van der Waals surface area contributed by atoms with Gasteiger partial charge in [0.1, 0.15) is 0 Å². The third-order valence-electron chi connectivity index (χ3n) is 3.77. The third kappa shape index (κ3) is 5.84. The van der Waals surface area contributed by atoms with E-state index >= 15 is 0 Å². The fraction of sp³-hybridized carbons (Fsp3) is 1.00. The largest absolute Gasteiger partial charge is 0.377 e. The van der Waals surface area contributed by atoms with Crippen molar-refractivity contribution in [3.63, 3.8) is 0 Å². The van der Waals surface area contributed by atoms with Gasteiger partial charge in [0.15, 0.2) is 0 Å². The van der Waals surface area contributed by atoms with Crippen LogP contribution in [0.15, 0.2) is 0 Å². The van der Waals surface area contributed by atoms with Crippen LogP contribution in [0.4, 0.5) is 0 Å². The summed E-state index contributed by atoms with van der Waals surface area (Å²) in [6.07, 6.45) is 4.12. The molecule has 0 aromatic carbocycles. The molecule has 1 rings (SSSR count). The second-order valence-corrected chi connectivity index (χ2v) is 6.02. The van der Waals surface area contributed by atoms with Gasteiger partial charge in [0.2, 0.25) is 0 Å². The molecule has 3 atom stereocenters. The normalized spacial score (nSPS) is 30.2. The molecule has 1 saturated carbocycles. The van der Waals surface area contributed by atoms with Crippen LogP contribution in [0.25, 0.3) is 0 Å². The van der Waals surface area contributed by atoms with E-state index in [2.05, 4.69) is 32.7 Å². The van der Waals surface area contributed by atoms with E-state index in [4.69, 9.17) is 10.5 Å². The van der Waals surface area contributed by atoms with Gasteiger partial charge >= 0.3 is 0 Å². The second kappa shape index (κ2) is 7.34. The summed E-state index contributed by atoms with van der Waals surface area (Å²) in [5, 5.41) is 0. The molecule has 1 aliphatic rings. The van der Waals surface area contributed by atoms with Crippen molar-refractivity contribution in [2.24, 2.45) is 17.6 Å². The van der Waals surface area contributed by atoms with Crippen molar-refractivity contribution in [2.45, 2.75) is 52.2 Å². The second-order valence-electron chi connectivity index (χ2n) is 6.02. The van der Waals surface area contributed by atoms with Gasteiger partial charge in [-0.05, 0) is 52.0 Å². The van der Waals surface area contributed by atoms with Gasteiger partial charge in [0.05, 0.1) is 12.7 Å². The molecule has 0 amide bonds. The van der Waals surface area contributed by atoms with Crippen LogP contribution in [0, 0.1) is 11.8 Å². The summed E-state index contributed by atoms with van der Waals surface area (Å²) in [7, 11) is 2.18. The van der Waals surface area contributed by atoms with Crippen LogP contribution in [-0.2, 0) is 4.74 Å². The zero-order chi connectivity index (χ0) is 12.8. The molecule has 1 fully saturated rings. The monoisotopic (exact) mass is 242 g/mol. The first-order valence-corrected chi connectivity index (χ1v) is 7.04. The molecule has 0 saturated heterocycles. The maximum atomic E-state index is 6.21. The van der Waals surface area contributed by atoms with Gasteiger partial charge in [-0.25, -0.2) is 0 Å². The Morgan fingerprint density at radius 3 is 2.71 bits per heavy atom. The minimum absolute atomic E-state index is 0.334. The van der Waals surface area contributed by atoms with Gasteiger partial charge < -0.3 is 15.4 Å². The molecule has 0 aliphatic heterocycles. The highest BCUT2D eigenvalue weighted by atomic mass is 16.5. The average molecular weight is 242 g/mol. The predicted molar refractivity (Wildman–Crippen MR) is 73.1 cm³/mol. The van der Waals surface area contributed by atoms with E-state index in [1.165, 1.54) is 19.3 Å². The molecule has 0 spiro atoms. The third-order valence-corrected chi connectivity index (χ3v) is 3.77. The van der Waals surface area contributed by atoms with Crippen LogP contribution in [0.1, 0.15) is 40.0 Å². The van der Waals surface area contributed by atoms with Crippen LogP contribution >= 0.6 is 0 Å². The Bertz CT molecular complexity index is 208. The van der Waals surface area contributed by atoms with Crippen molar-refractivity contribution in [1.29, 1.82) is 0 Å². The highest BCUT2D eigenvalue weighted by molar-refractivity contribution is 4.82. The Morgan fingerprint density at radius 2 is 2.06 bits per heavy atom. The summed E-state index contributed by atoms with van der Waals surface area (Å²) >= 11 is 0. The number of ether oxygens (including phenoxy) is 1. The maximum absolute atomic E-state index is 6.21. The highest BCUT2D eigenvalue weighted by Gasteiger charge is 2.26. The Hall–Kier alpha value is -0.120. The molecule has 102 valence electrons. The summed E-state index contributed by atoms with van der Waals surface area (Å²) in [5.41, 5.74) is 6.21. The van der Waals surface area contributed by atoms with E-state index in [1.54, 1.807) is 0 Å². The lowest BCUT2D eigenvalue weighted by Crippen LogP contribution is -2.42. The maximum Gasteiger partial charge on any atom is 0.0596 e. The molecular weight excluding hydrogens is 212 g/mol. The van der Waals surface area contributed by atoms with Crippen molar-refractivity contribution in [2.75, 3.05) is 26.7 Å². The molecule has 3 heteroatoms. The molecule has 0 aromatic rings. The highest BCUT2D eigenvalue weighted by Crippen LogP contribution is 2.28. The predicted octanol–water partition coefficient (Wildman–Crippen LogP) is 2.11. The molecule has 0 bridgehead atoms. The first-order chi connectivity index (χ1) is 7.99. The topological polar surface area (TPSA) is 38.5 Å². The van der Waals surface area contributed by atoms with Crippen molar-refractivity contribution in [3.8, 4) is 0 Å². The molecule has 0 aromatic heterocycles. The first kappa shape index (κ1) is 14.9. The minimum Gasteiger partial charge on any atom is -0.377 e. The number of nitrogens with zero attached hydrogens (tertiary/aromatic N) is 1. The Morgan fingerprint density at radius 1 is 1.35 bits per heavy atom. The molecule has 3 nitrogen and oxygen atoms in total. The fourth-order valence-electron chi connectivity index (χ4n) is 2.67. The summed E-state index contributed by atoms with van der Waals surface area (Å²) in [4.78, 5) is 2.37. The molecule has 1 aliphatic carbocycles. The van der Waals surface area contributed by atoms with E-state index in [1.807, 2.05) is 0 Å². The summed E-state index contributed by atoms with van der Waals surface area (Å²) < 4.78 is 5.58. The Labute approximate surface area is 107 Å². The zero-order valence-corrected chi connectivity index (χ0v) is 12.0. The smallest absolute Gasteiger partial charge is 0.0596 e. The van der Waals surface area contributed by atoms with Gasteiger partial charge in [0, 0.05) is 19.1 Å². The summed E-state index contributed by atoms with van der Waals surface area (Å²) in [6.45, 7) is 9.46. The fourth-order valence-corrected chi connectivity index (χ4v) is 2.67. The molecular formula is C14H30N2O. The van der Waals surface area contributed by atoms with Crippen LogP contribution in [0.2, 0.25) is 0 Å². The van der Waals surface area contributed by atoms with Crippen molar-refractivity contribution in [1.82, 2.24) is 4.90 Å². The van der Waals surface area contributed by atoms with Crippen LogP contribution in [0.3, 0.4) is 0 Å². The van der Waals surface area contributed by atoms with Gasteiger partial charge in [-0.2, -0.15) is 0 Å². The van der Waals surface area contributed by atoms with Crippen molar-refractivity contribution in [3.05, 3.63) is 0 Å². The van der Waals surface area contributed by atoms with Crippen molar-refractivity contribution >= 4 is 0 Å². The van der Waals surface area contributed by atoms with Crippen LogP contribution in [0.5, 0.6) is 0 Å².